The lowest BCUT2D eigenvalue weighted by molar-refractivity contribution is -0.129. The molecule has 4 saturated carbocycles. The van der Waals surface area contributed by atoms with E-state index in [1.54, 1.807) is 32.3 Å². The summed E-state index contributed by atoms with van der Waals surface area (Å²) in [6, 6.07) is 5.39. The molecule has 0 aromatic carbocycles. The Morgan fingerprint density at radius 1 is 1.09 bits per heavy atom. The normalized spacial score (nSPS) is 29.5. The van der Waals surface area contributed by atoms with Crippen LogP contribution in [0.3, 0.4) is 0 Å². The van der Waals surface area contributed by atoms with Crippen molar-refractivity contribution >= 4 is 29.1 Å². The summed E-state index contributed by atoms with van der Waals surface area (Å²) < 4.78 is 0. The predicted molar refractivity (Wildman–Crippen MR) is 124 cm³/mol. The number of carbonyl (C=O) groups is 2. The van der Waals surface area contributed by atoms with E-state index >= 15 is 0 Å². The maximum Gasteiger partial charge on any atom is 0.254 e. The minimum absolute atomic E-state index is 0.121. The summed E-state index contributed by atoms with van der Waals surface area (Å²) in [5.74, 6) is 1.76. The van der Waals surface area contributed by atoms with Gasteiger partial charge in [0, 0.05) is 38.6 Å². The summed E-state index contributed by atoms with van der Waals surface area (Å²) in [6.07, 6.45) is 7.75. The average Bonchev–Trinajstić information content (AvgIpc) is 2.75. The summed E-state index contributed by atoms with van der Waals surface area (Å²) in [7, 11) is 3.38. The highest BCUT2D eigenvalue weighted by molar-refractivity contribution is 5.98. The summed E-state index contributed by atoms with van der Waals surface area (Å²) in [4.78, 5) is 34.3. The van der Waals surface area contributed by atoms with Gasteiger partial charge in [0.1, 0.15) is 11.6 Å². The molecule has 9 nitrogen and oxygen atoms in total. The molecular weight excluding hydrogens is 420 g/mol. The molecule has 0 spiro atoms. The van der Waals surface area contributed by atoms with E-state index in [2.05, 4.69) is 20.6 Å². The molecule has 4 fully saturated rings. The van der Waals surface area contributed by atoms with Gasteiger partial charge in [-0.1, -0.05) is 0 Å². The molecule has 2 atom stereocenters. The predicted octanol–water partition coefficient (Wildman–Crippen LogP) is 2.37. The lowest BCUT2D eigenvalue weighted by Gasteiger charge is -2.58. The summed E-state index contributed by atoms with van der Waals surface area (Å²) >= 11 is 0. The van der Waals surface area contributed by atoms with Gasteiger partial charge in [-0.25, -0.2) is 9.97 Å². The molecule has 0 radical (unpaired) electrons. The SMILES string of the molecule is CN(C)C(=O)c1ccc(Nc2cc(NC3C4CC5CC3CC(O)(C5)C4)c(C(N)=O)cn2)nc1. The lowest BCUT2D eigenvalue weighted by Crippen LogP contribution is -2.59. The van der Waals surface area contributed by atoms with Gasteiger partial charge >= 0.3 is 0 Å². The van der Waals surface area contributed by atoms with Crippen molar-refractivity contribution in [3.05, 3.63) is 41.7 Å². The smallest absolute Gasteiger partial charge is 0.254 e. The number of anilines is 3. The average molecular weight is 451 g/mol. The Labute approximate surface area is 192 Å². The van der Waals surface area contributed by atoms with Crippen molar-refractivity contribution in [2.24, 2.45) is 23.5 Å². The standard InChI is InChI=1S/C24H30N6O3/c1-30(2)23(32)14-3-4-19(26-11-14)29-20-7-18(17(12-27-20)22(25)31)28-21-15-5-13-6-16(21)10-24(33,8-13)9-15/h3-4,7,11-13,15-16,21,33H,5-6,8-10H2,1-2H3,(H2,25,31)(H2,26,27,28,29). The number of pyridine rings is 2. The van der Waals surface area contributed by atoms with E-state index in [9.17, 15) is 14.7 Å². The number of rotatable bonds is 6. The van der Waals surface area contributed by atoms with Crippen LogP contribution in [0.1, 0.15) is 52.8 Å². The molecule has 174 valence electrons. The number of amides is 2. The first-order valence-electron chi connectivity index (χ1n) is 11.4. The van der Waals surface area contributed by atoms with Gasteiger partial charge in [-0.3, -0.25) is 9.59 Å². The molecular formula is C24H30N6O3. The van der Waals surface area contributed by atoms with E-state index in [-0.39, 0.29) is 11.9 Å². The third-order valence-electron chi connectivity index (χ3n) is 7.41. The van der Waals surface area contributed by atoms with E-state index in [1.807, 2.05) is 0 Å². The quantitative estimate of drug-likeness (QED) is 0.531. The van der Waals surface area contributed by atoms with Crippen LogP contribution in [0.5, 0.6) is 0 Å². The van der Waals surface area contributed by atoms with E-state index in [0.29, 0.717) is 46.2 Å². The number of primary amides is 1. The van der Waals surface area contributed by atoms with Crippen LogP contribution >= 0.6 is 0 Å². The van der Waals surface area contributed by atoms with Crippen molar-refractivity contribution in [2.45, 2.75) is 43.7 Å². The van der Waals surface area contributed by atoms with Crippen LogP contribution in [0.15, 0.2) is 30.6 Å². The Balaban J connectivity index is 1.36. The third kappa shape index (κ3) is 4.13. The number of nitrogens with one attached hydrogen (secondary N) is 2. The van der Waals surface area contributed by atoms with Crippen LogP contribution in [0, 0.1) is 17.8 Å². The van der Waals surface area contributed by atoms with Gasteiger partial charge in [-0.15, -0.1) is 0 Å². The van der Waals surface area contributed by atoms with Crippen LogP contribution in [0.2, 0.25) is 0 Å². The fourth-order valence-electron chi connectivity index (χ4n) is 6.22. The monoisotopic (exact) mass is 450 g/mol. The van der Waals surface area contributed by atoms with Crippen LogP contribution in [-0.2, 0) is 0 Å². The number of hydrogen-bond donors (Lipinski definition) is 4. The van der Waals surface area contributed by atoms with Crippen molar-refractivity contribution in [3.63, 3.8) is 0 Å². The molecule has 4 aliphatic carbocycles. The molecule has 6 rings (SSSR count). The first-order valence-corrected chi connectivity index (χ1v) is 11.4. The second-order valence-corrected chi connectivity index (χ2v) is 10.1. The van der Waals surface area contributed by atoms with Gasteiger partial charge in [0.25, 0.3) is 11.8 Å². The maximum absolute atomic E-state index is 12.1. The van der Waals surface area contributed by atoms with Crippen LogP contribution < -0.4 is 16.4 Å². The Morgan fingerprint density at radius 2 is 1.79 bits per heavy atom. The van der Waals surface area contributed by atoms with Gasteiger partial charge in [0.2, 0.25) is 0 Å². The second-order valence-electron chi connectivity index (χ2n) is 10.1. The molecule has 2 aromatic heterocycles. The van der Waals surface area contributed by atoms with Crippen molar-refractivity contribution < 1.29 is 14.7 Å². The number of aromatic nitrogens is 2. The Bertz CT molecular complexity index is 1070. The topological polar surface area (TPSA) is 133 Å². The maximum atomic E-state index is 12.1. The van der Waals surface area contributed by atoms with Crippen LogP contribution in [-0.4, -0.2) is 57.5 Å². The molecule has 0 saturated heterocycles. The van der Waals surface area contributed by atoms with E-state index in [1.165, 1.54) is 17.3 Å². The molecule has 0 aliphatic heterocycles. The highest BCUT2D eigenvalue weighted by Gasteiger charge is 2.54. The largest absolute Gasteiger partial charge is 0.390 e. The van der Waals surface area contributed by atoms with Crippen LogP contribution in [0.25, 0.3) is 0 Å². The molecule has 9 heteroatoms. The molecule has 2 unspecified atom stereocenters. The first kappa shape index (κ1) is 21.6. The number of hydrogen-bond acceptors (Lipinski definition) is 7. The molecule has 4 aliphatic rings. The summed E-state index contributed by atoms with van der Waals surface area (Å²) in [5.41, 5.74) is 6.59. The van der Waals surface area contributed by atoms with Crippen molar-refractivity contribution in [2.75, 3.05) is 24.7 Å². The molecule has 2 amide bonds. The van der Waals surface area contributed by atoms with Gasteiger partial charge in [-0.2, -0.15) is 0 Å². The highest BCUT2D eigenvalue weighted by Crippen LogP contribution is 2.56. The highest BCUT2D eigenvalue weighted by atomic mass is 16.3. The zero-order valence-electron chi connectivity index (χ0n) is 18.9. The molecule has 2 heterocycles. The zero-order valence-corrected chi connectivity index (χ0v) is 18.9. The second kappa shape index (κ2) is 7.98. The third-order valence-corrected chi connectivity index (χ3v) is 7.41. The lowest BCUT2D eigenvalue weighted by atomic mass is 9.52. The summed E-state index contributed by atoms with van der Waals surface area (Å²) in [5, 5.41) is 17.6. The van der Waals surface area contributed by atoms with E-state index < -0.39 is 11.5 Å². The Morgan fingerprint density at radius 3 is 2.36 bits per heavy atom. The fourth-order valence-corrected chi connectivity index (χ4v) is 6.22. The van der Waals surface area contributed by atoms with Crippen molar-refractivity contribution in [3.8, 4) is 0 Å². The Hall–Kier alpha value is -3.20. The van der Waals surface area contributed by atoms with Gasteiger partial charge < -0.3 is 26.4 Å². The minimum Gasteiger partial charge on any atom is -0.390 e. The molecule has 5 N–H and O–H groups in total. The van der Waals surface area contributed by atoms with Gasteiger partial charge in [-0.05, 0) is 62.0 Å². The molecule has 33 heavy (non-hydrogen) atoms. The van der Waals surface area contributed by atoms with Gasteiger partial charge in [0.15, 0.2) is 0 Å². The minimum atomic E-state index is -0.538. The van der Waals surface area contributed by atoms with Crippen LogP contribution in [0.4, 0.5) is 17.3 Å². The van der Waals surface area contributed by atoms with E-state index in [4.69, 9.17) is 5.73 Å². The molecule has 2 aromatic rings. The number of carbonyl (C=O) groups excluding carboxylic acids is 2. The van der Waals surface area contributed by atoms with Crippen molar-refractivity contribution in [1.82, 2.24) is 14.9 Å². The number of aliphatic hydroxyl groups is 1. The number of nitrogens with two attached hydrogens (primary N) is 1. The van der Waals surface area contributed by atoms with Crippen molar-refractivity contribution in [1.29, 1.82) is 0 Å². The Kier molecular flexibility index (Phi) is 5.23. The first-order chi connectivity index (χ1) is 15.7. The molecule has 4 bridgehead atoms. The fraction of sp³-hybridized carbons (Fsp3) is 0.500. The van der Waals surface area contributed by atoms with Gasteiger partial charge in [0.05, 0.1) is 22.4 Å². The zero-order chi connectivity index (χ0) is 23.3. The number of nitrogens with zero attached hydrogens (tertiary/aromatic N) is 3. The van der Waals surface area contributed by atoms with E-state index in [0.717, 1.165) is 32.1 Å². The summed E-state index contributed by atoms with van der Waals surface area (Å²) in [6.45, 7) is 0.